The summed E-state index contributed by atoms with van der Waals surface area (Å²) in [7, 11) is -3.14. The molecule has 0 heterocycles. The van der Waals surface area contributed by atoms with Crippen molar-refractivity contribution < 1.29 is 14.2 Å². The molecule has 0 saturated carbocycles. The molecule has 0 fully saturated rings. The monoisotopic (exact) mass is 290 g/mol. The molecule has 0 spiro atoms. The quantitative estimate of drug-likeness (QED) is 0.824. The Morgan fingerprint density at radius 3 is 2.45 bits per heavy atom. The molecule has 2 aromatic carbocycles. The lowest BCUT2D eigenvalue weighted by Gasteiger charge is -2.15. The molecule has 2 N–H and O–H groups in total. The van der Waals surface area contributed by atoms with Gasteiger partial charge in [0, 0.05) is 0 Å². The van der Waals surface area contributed by atoms with Gasteiger partial charge in [-0.1, -0.05) is 36.4 Å². The van der Waals surface area contributed by atoms with Gasteiger partial charge in [-0.25, -0.2) is 0 Å². The van der Waals surface area contributed by atoms with Gasteiger partial charge in [-0.05, 0) is 41.9 Å². The summed E-state index contributed by atoms with van der Waals surface area (Å²) in [6, 6.07) is 15.0. The van der Waals surface area contributed by atoms with Gasteiger partial charge in [0.25, 0.3) is 0 Å². The van der Waals surface area contributed by atoms with Crippen molar-refractivity contribution in [3.63, 3.8) is 0 Å². The van der Waals surface area contributed by atoms with Crippen LogP contribution in [0.1, 0.15) is 5.56 Å². The molecule has 0 unspecified atom stereocenters. The lowest BCUT2D eigenvalue weighted by Crippen LogP contribution is -1.95. The zero-order valence-electron chi connectivity index (χ0n) is 11.2. The Morgan fingerprint density at radius 2 is 1.85 bits per heavy atom. The van der Waals surface area contributed by atoms with Crippen LogP contribution in [-0.4, -0.2) is 18.4 Å². The van der Waals surface area contributed by atoms with Crippen LogP contribution in [0.4, 0.5) is 0 Å². The molecule has 0 aliphatic carbocycles. The Morgan fingerprint density at radius 1 is 1.15 bits per heavy atom. The van der Waals surface area contributed by atoms with Gasteiger partial charge in [0.15, 0.2) is 0 Å². The van der Waals surface area contributed by atoms with Crippen molar-refractivity contribution in [1.29, 1.82) is 0 Å². The minimum atomic E-state index is -3.14. The molecule has 5 heteroatoms. The molecule has 20 heavy (non-hydrogen) atoms. The van der Waals surface area contributed by atoms with E-state index in [1.54, 1.807) is 18.2 Å². The average molecular weight is 290 g/mol. The first kappa shape index (κ1) is 14.8. The van der Waals surface area contributed by atoms with E-state index in [2.05, 4.69) is 0 Å². The number of rotatable bonds is 5. The van der Waals surface area contributed by atoms with Crippen LogP contribution < -0.4 is 0 Å². The number of nitrogens with one attached hydrogen (secondary N) is 1. The summed E-state index contributed by atoms with van der Waals surface area (Å²) < 4.78 is 16.0. The van der Waals surface area contributed by atoms with E-state index in [0.29, 0.717) is 6.42 Å². The number of benzene rings is 2. The van der Waals surface area contributed by atoms with Crippen LogP contribution in [0.15, 0.2) is 48.5 Å². The average Bonchev–Trinajstić information content (AvgIpc) is 2.38. The Bertz CT molecular complexity index is 619. The van der Waals surface area contributed by atoms with Crippen molar-refractivity contribution in [3.05, 3.63) is 59.6 Å². The summed E-state index contributed by atoms with van der Waals surface area (Å²) in [4.78, 5) is 0. The molecule has 0 aliphatic rings. The summed E-state index contributed by atoms with van der Waals surface area (Å²) in [5, 5.41) is 9.46. The van der Waals surface area contributed by atoms with Gasteiger partial charge in [-0.15, -0.1) is 0 Å². The van der Waals surface area contributed by atoms with E-state index in [-0.39, 0.29) is 12.4 Å². The van der Waals surface area contributed by atoms with Crippen molar-refractivity contribution >= 4 is 7.52 Å². The Hall–Kier alpha value is -1.61. The second kappa shape index (κ2) is 6.23. The maximum Gasteiger partial charge on any atom is 0.116 e. The first-order valence-corrected chi connectivity index (χ1v) is 8.37. The van der Waals surface area contributed by atoms with Crippen molar-refractivity contribution in [2.24, 2.45) is 0 Å². The summed E-state index contributed by atoms with van der Waals surface area (Å²) in [6.45, 7) is 1.57. The molecular formula is C15H17NO3P-. The fourth-order valence-corrected chi connectivity index (χ4v) is 2.33. The molecule has 0 saturated heterocycles. The van der Waals surface area contributed by atoms with Crippen LogP contribution in [0.5, 0.6) is 5.75 Å². The second-order valence-electron chi connectivity index (χ2n) is 4.68. The largest absolute Gasteiger partial charge is 0.595 e. The minimum Gasteiger partial charge on any atom is -0.595 e. The molecule has 106 valence electrons. The highest BCUT2D eigenvalue weighted by Gasteiger charge is 2.02. The summed E-state index contributed by atoms with van der Waals surface area (Å²) >= 11 is 0. The third kappa shape index (κ3) is 4.49. The van der Waals surface area contributed by atoms with E-state index < -0.39 is 7.52 Å². The van der Waals surface area contributed by atoms with E-state index in [1.807, 2.05) is 30.3 Å². The van der Waals surface area contributed by atoms with Crippen molar-refractivity contribution in [2.75, 3.05) is 13.3 Å². The fourth-order valence-electron chi connectivity index (χ4n) is 1.89. The molecular weight excluding hydrogens is 273 g/mol. The molecule has 4 nitrogen and oxygen atoms in total. The summed E-state index contributed by atoms with van der Waals surface area (Å²) in [6.07, 6.45) is 0.622. The SMILES string of the molecule is C[P@]([NH-])(=O)OCCc1ccc(-c2cccc(O)c2)cc1. The van der Waals surface area contributed by atoms with E-state index in [9.17, 15) is 9.67 Å². The van der Waals surface area contributed by atoms with Crippen LogP contribution in [0.2, 0.25) is 0 Å². The fraction of sp³-hybridized carbons (Fsp3) is 0.200. The van der Waals surface area contributed by atoms with Crippen LogP contribution in [-0.2, 0) is 15.5 Å². The van der Waals surface area contributed by atoms with Crippen LogP contribution in [0, 0.1) is 0 Å². The first-order chi connectivity index (χ1) is 9.44. The number of phenols is 1. The zero-order valence-corrected chi connectivity index (χ0v) is 12.1. The van der Waals surface area contributed by atoms with Gasteiger partial charge in [0.05, 0.1) is 6.61 Å². The van der Waals surface area contributed by atoms with Crippen LogP contribution in [0.25, 0.3) is 16.6 Å². The highest BCUT2D eigenvalue weighted by atomic mass is 31.2. The van der Waals surface area contributed by atoms with E-state index >= 15 is 0 Å². The molecule has 0 bridgehead atoms. The van der Waals surface area contributed by atoms with Crippen molar-refractivity contribution in [2.45, 2.75) is 6.42 Å². The summed E-state index contributed by atoms with van der Waals surface area (Å²) in [5.74, 6) is 0.245. The molecule has 0 amide bonds. The van der Waals surface area contributed by atoms with Crippen molar-refractivity contribution in [3.8, 4) is 16.9 Å². The standard InChI is InChI=1S/C15H17NO3P/c1-20(16,18)19-10-9-12-5-7-13(8-6-12)14-3-2-4-15(17)11-14/h2-8,11H,9-10H2,1H3,(H2-,16,17,18)/q-1/t20-/m0/s1. The van der Waals surface area contributed by atoms with Gasteiger partial charge >= 0.3 is 0 Å². The smallest absolute Gasteiger partial charge is 0.116 e. The van der Waals surface area contributed by atoms with Crippen molar-refractivity contribution in [1.82, 2.24) is 0 Å². The van der Waals surface area contributed by atoms with Gasteiger partial charge < -0.3 is 19.7 Å². The third-order valence-electron chi connectivity index (χ3n) is 2.86. The molecule has 2 aromatic rings. The Labute approximate surface area is 118 Å². The highest BCUT2D eigenvalue weighted by Crippen LogP contribution is 2.42. The Balaban J connectivity index is 2.01. The summed E-state index contributed by atoms with van der Waals surface area (Å²) in [5.41, 5.74) is 10.2. The second-order valence-corrected chi connectivity index (χ2v) is 6.63. The predicted octanol–water partition coefficient (Wildman–Crippen LogP) is 4.49. The van der Waals surface area contributed by atoms with Gasteiger partial charge in [0.1, 0.15) is 13.3 Å². The first-order valence-electron chi connectivity index (χ1n) is 6.29. The van der Waals surface area contributed by atoms with E-state index in [1.165, 1.54) is 6.66 Å². The number of hydrogen-bond donors (Lipinski definition) is 1. The minimum absolute atomic E-state index is 0.245. The van der Waals surface area contributed by atoms with E-state index in [0.717, 1.165) is 16.7 Å². The van der Waals surface area contributed by atoms with Gasteiger partial charge in [-0.3, -0.25) is 0 Å². The normalized spacial score (nSPS) is 13.9. The lowest BCUT2D eigenvalue weighted by atomic mass is 10.0. The maximum absolute atomic E-state index is 11.1. The molecule has 1 atom stereocenters. The zero-order chi connectivity index (χ0) is 14.6. The molecule has 0 aliphatic heterocycles. The highest BCUT2D eigenvalue weighted by molar-refractivity contribution is 7.59. The van der Waals surface area contributed by atoms with E-state index in [4.69, 9.17) is 10.0 Å². The van der Waals surface area contributed by atoms with Gasteiger partial charge in [-0.2, -0.15) is 0 Å². The lowest BCUT2D eigenvalue weighted by molar-refractivity contribution is 0.327. The molecule has 2 rings (SSSR count). The Kier molecular flexibility index (Phi) is 4.61. The van der Waals surface area contributed by atoms with Gasteiger partial charge in [0.2, 0.25) is 0 Å². The molecule has 0 aromatic heterocycles. The number of aromatic hydroxyl groups is 1. The third-order valence-corrected chi connectivity index (χ3v) is 3.54. The number of hydrogen-bond acceptors (Lipinski definition) is 3. The van der Waals surface area contributed by atoms with Crippen LogP contribution in [0.3, 0.4) is 0 Å². The van der Waals surface area contributed by atoms with Crippen LogP contribution >= 0.6 is 7.52 Å². The topological polar surface area (TPSA) is 70.3 Å². The molecule has 0 radical (unpaired) electrons. The number of phenolic OH excluding ortho intramolecular Hbond substituents is 1. The predicted molar refractivity (Wildman–Crippen MR) is 81.1 cm³/mol. The maximum atomic E-state index is 11.1.